The van der Waals surface area contributed by atoms with Gasteiger partial charge in [-0.2, -0.15) is 9.78 Å². The van der Waals surface area contributed by atoms with Gasteiger partial charge in [0.05, 0.1) is 23.6 Å². The Morgan fingerprint density at radius 2 is 1.70 bits per heavy atom. The molecule has 0 amide bonds. The quantitative estimate of drug-likeness (QED) is 0.263. The molecule has 166 valence electrons. The van der Waals surface area contributed by atoms with Crippen LogP contribution in [-0.2, 0) is 6.54 Å². The lowest BCUT2D eigenvalue weighted by atomic mass is 10.2. The van der Waals surface area contributed by atoms with E-state index in [0.717, 1.165) is 42.3 Å². The monoisotopic (exact) mass is 438 g/mol. The van der Waals surface area contributed by atoms with E-state index in [2.05, 4.69) is 17.0 Å². The van der Waals surface area contributed by atoms with Gasteiger partial charge in [-0.25, -0.2) is 15.0 Å². The number of hydrogen-bond acceptors (Lipinski definition) is 5. The molecule has 3 heterocycles. The number of rotatable bonds is 7. The SMILES string of the molecule is CCCCCCn1cnc2c(c1=O)c1nc3ccccc3nc1n2/N=C\c1ccc(C)cc1. The third-order valence-corrected chi connectivity index (χ3v) is 5.86. The standard InChI is InChI=1S/C26H26N6O/c1-3-4-5-8-15-31-17-27-24-22(26(31)33)23-25(30-21-10-7-6-9-20(21)29-23)32(24)28-16-19-13-11-18(2)12-14-19/h6-7,9-14,16-17H,3-5,8,15H2,1-2H3/b28-16-. The molecule has 33 heavy (non-hydrogen) atoms. The molecule has 0 N–H and O–H groups in total. The van der Waals surface area contributed by atoms with Crippen molar-refractivity contribution in [3.05, 3.63) is 76.3 Å². The van der Waals surface area contributed by atoms with Crippen molar-refractivity contribution < 1.29 is 0 Å². The van der Waals surface area contributed by atoms with Gasteiger partial charge < -0.3 is 0 Å². The Hall–Kier alpha value is -3.87. The zero-order valence-corrected chi connectivity index (χ0v) is 18.9. The Morgan fingerprint density at radius 3 is 2.45 bits per heavy atom. The van der Waals surface area contributed by atoms with Gasteiger partial charge in [-0.1, -0.05) is 68.1 Å². The minimum atomic E-state index is -0.102. The summed E-state index contributed by atoms with van der Waals surface area (Å²) < 4.78 is 3.31. The summed E-state index contributed by atoms with van der Waals surface area (Å²) in [6, 6.07) is 15.7. The molecule has 0 unspecified atom stereocenters. The fourth-order valence-electron chi connectivity index (χ4n) is 4.01. The van der Waals surface area contributed by atoms with Crippen LogP contribution >= 0.6 is 0 Å². The molecular weight excluding hydrogens is 412 g/mol. The molecule has 3 aromatic heterocycles. The molecule has 7 heteroatoms. The van der Waals surface area contributed by atoms with E-state index in [1.54, 1.807) is 21.8 Å². The number of aryl methyl sites for hydroxylation is 2. The highest BCUT2D eigenvalue weighted by molar-refractivity contribution is 6.04. The molecule has 0 aliphatic carbocycles. The van der Waals surface area contributed by atoms with Gasteiger partial charge in [-0.05, 0) is 31.0 Å². The zero-order valence-electron chi connectivity index (χ0n) is 18.9. The third-order valence-electron chi connectivity index (χ3n) is 5.86. The highest BCUT2D eigenvalue weighted by Crippen LogP contribution is 2.25. The number of unbranched alkanes of at least 4 members (excludes halogenated alkanes) is 3. The molecule has 0 fully saturated rings. The van der Waals surface area contributed by atoms with Crippen LogP contribution in [0.4, 0.5) is 0 Å². The van der Waals surface area contributed by atoms with E-state index in [0.29, 0.717) is 28.7 Å². The first-order valence-corrected chi connectivity index (χ1v) is 11.4. The molecule has 0 atom stereocenters. The first-order valence-electron chi connectivity index (χ1n) is 11.4. The number of benzene rings is 2. The van der Waals surface area contributed by atoms with Crippen LogP contribution in [0.1, 0.15) is 43.7 Å². The maximum atomic E-state index is 13.5. The number of fused-ring (bicyclic) bond motifs is 4. The van der Waals surface area contributed by atoms with E-state index in [-0.39, 0.29) is 5.56 Å². The lowest BCUT2D eigenvalue weighted by Gasteiger charge is -2.05. The number of nitrogens with zero attached hydrogens (tertiary/aromatic N) is 6. The van der Waals surface area contributed by atoms with Gasteiger partial charge in [-0.3, -0.25) is 9.36 Å². The highest BCUT2D eigenvalue weighted by Gasteiger charge is 2.19. The number of hydrogen-bond donors (Lipinski definition) is 0. The van der Waals surface area contributed by atoms with Gasteiger partial charge in [0.2, 0.25) is 0 Å². The van der Waals surface area contributed by atoms with E-state index in [4.69, 9.17) is 9.97 Å². The van der Waals surface area contributed by atoms with Gasteiger partial charge in [0.1, 0.15) is 10.9 Å². The molecule has 0 spiro atoms. The molecule has 0 radical (unpaired) electrons. The fourth-order valence-corrected chi connectivity index (χ4v) is 4.01. The predicted molar refractivity (Wildman–Crippen MR) is 133 cm³/mol. The second kappa shape index (κ2) is 8.94. The molecule has 0 aliphatic rings. The Balaban J connectivity index is 1.70. The van der Waals surface area contributed by atoms with Crippen molar-refractivity contribution in [2.75, 3.05) is 0 Å². The largest absolute Gasteiger partial charge is 0.299 e. The Morgan fingerprint density at radius 1 is 0.939 bits per heavy atom. The number of aromatic nitrogens is 5. The van der Waals surface area contributed by atoms with E-state index in [1.165, 1.54) is 5.56 Å². The van der Waals surface area contributed by atoms with Gasteiger partial charge in [0.15, 0.2) is 11.3 Å². The molecule has 5 rings (SSSR count). The van der Waals surface area contributed by atoms with Crippen molar-refractivity contribution in [3.63, 3.8) is 0 Å². The van der Waals surface area contributed by atoms with Crippen molar-refractivity contribution in [1.29, 1.82) is 0 Å². The normalized spacial score (nSPS) is 11.9. The smallest absolute Gasteiger partial charge is 0.265 e. The lowest BCUT2D eigenvalue weighted by Crippen LogP contribution is -2.20. The molecule has 0 saturated carbocycles. The van der Waals surface area contributed by atoms with Gasteiger partial charge >= 0.3 is 0 Å². The predicted octanol–water partition coefficient (Wildman–Crippen LogP) is 5.07. The van der Waals surface area contributed by atoms with Crippen LogP contribution < -0.4 is 5.56 Å². The van der Waals surface area contributed by atoms with Crippen LogP contribution in [-0.4, -0.2) is 30.4 Å². The summed E-state index contributed by atoms with van der Waals surface area (Å²) in [5, 5.41) is 5.13. The highest BCUT2D eigenvalue weighted by atomic mass is 16.1. The minimum Gasteiger partial charge on any atom is -0.299 e. The molecule has 2 aromatic carbocycles. The summed E-state index contributed by atoms with van der Waals surface area (Å²) in [7, 11) is 0. The summed E-state index contributed by atoms with van der Waals surface area (Å²) in [4.78, 5) is 27.7. The summed E-state index contributed by atoms with van der Waals surface area (Å²) in [6.45, 7) is 4.86. The first kappa shape index (κ1) is 21.0. The molecular formula is C26H26N6O. The average molecular weight is 439 g/mol. The van der Waals surface area contributed by atoms with Crippen molar-refractivity contribution in [3.8, 4) is 0 Å². The minimum absolute atomic E-state index is 0.102. The maximum Gasteiger partial charge on any atom is 0.265 e. The summed E-state index contributed by atoms with van der Waals surface area (Å²) in [5.74, 6) is 0. The zero-order chi connectivity index (χ0) is 22.8. The summed E-state index contributed by atoms with van der Waals surface area (Å²) in [5.41, 5.74) is 5.05. The molecule has 0 aliphatic heterocycles. The molecule has 0 saturated heterocycles. The van der Waals surface area contributed by atoms with Crippen LogP contribution in [0.5, 0.6) is 0 Å². The van der Waals surface area contributed by atoms with Crippen LogP contribution in [0.2, 0.25) is 0 Å². The van der Waals surface area contributed by atoms with Gasteiger partial charge in [0, 0.05) is 6.54 Å². The Bertz CT molecular complexity index is 1530. The second-order valence-corrected chi connectivity index (χ2v) is 8.35. The third kappa shape index (κ3) is 4.02. The van der Waals surface area contributed by atoms with Gasteiger partial charge in [-0.15, -0.1) is 0 Å². The number of para-hydroxylation sites is 2. The first-order chi connectivity index (χ1) is 16.2. The average Bonchev–Trinajstić information content (AvgIpc) is 3.14. The summed E-state index contributed by atoms with van der Waals surface area (Å²) in [6.07, 6.45) is 7.73. The van der Waals surface area contributed by atoms with E-state index in [1.807, 2.05) is 55.5 Å². The Kier molecular flexibility index (Phi) is 5.69. The van der Waals surface area contributed by atoms with Crippen LogP contribution in [0, 0.1) is 6.92 Å². The van der Waals surface area contributed by atoms with Crippen LogP contribution in [0.15, 0.2) is 64.8 Å². The molecule has 5 aromatic rings. The van der Waals surface area contributed by atoms with Crippen molar-refractivity contribution in [1.82, 2.24) is 24.2 Å². The van der Waals surface area contributed by atoms with E-state index in [9.17, 15) is 4.79 Å². The Labute approximate surface area is 191 Å². The van der Waals surface area contributed by atoms with Crippen molar-refractivity contribution >= 4 is 39.4 Å². The summed E-state index contributed by atoms with van der Waals surface area (Å²) >= 11 is 0. The van der Waals surface area contributed by atoms with Gasteiger partial charge in [0.25, 0.3) is 5.56 Å². The lowest BCUT2D eigenvalue weighted by molar-refractivity contribution is 0.567. The van der Waals surface area contributed by atoms with E-state index >= 15 is 0 Å². The van der Waals surface area contributed by atoms with Crippen LogP contribution in [0.3, 0.4) is 0 Å². The van der Waals surface area contributed by atoms with E-state index < -0.39 is 0 Å². The van der Waals surface area contributed by atoms with Crippen molar-refractivity contribution in [2.24, 2.45) is 5.10 Å². The van der Waals surface area contributed by atoms with Crippen LogP contribution in [0.25, 0.3) is 33.2 Å². The maximum absolute atomic E-state index is 13.5. The second-order valence-electron chi connectivity index (χ2n) is 8.35. The molecule has 0 bridgehead atoms. The molecule has 7 nitrogen and oxygen atoms in total. The fraction of sp³-hybridized carbons (Fsp3) is 0.269. The van der Waals surface area contributed by atoms with Crippen molar-refractivity contribution in [2.45, 2.75) is 46.1 Å². The topological polar surface area (TPSA) is 78.0 Å².